The number of rotatable bonds is 1. The number of para-hydroxylation sites is 2. The Bertz CT molecular complexity index is 736. The molecule has 1 aliphatic rings. The van der Waals surface area contributed by atoms with E-state index in [0.717, 1.165) is 11.4 Å². The normalized spacial score (nSPS) is 17.4. The second-order valence-corrected chi connectivity index (χ2v) is 7.28. The van der Waals surface area contributed by atoms with Crippen LogP contribution in [0.1, 0.15) is 31.1 Å². The number of nitrogens with zero attached hydrogens (tertiary/aromatic N) is 1. The summed E-state index contributed by atoms with van der Waals surface area (Å²) >= 11 is 6.06. The van der Waals surface area contributed by atoms with Crippen LogP contribution in [0.2, 0.25) is 5.02 Å². The zero-order chi connectivity index (χ0) is 16.6. The molecule has 0 fully saturated rings. The van der Waals surface area contributed by atoms with E-state index < -0.39 is 0 Å². The van der Waals surface area contributed by atoms with E-state index in [-0.39, 0.29) is 17.4 Å². The van der Waals surface area contributed by atoms with E-state index in [1.54, 1.807) is 24.3 Å². The molecule has 0 saturated heterocycles. The summed E-state index contributed by atoms with van der Waals surface area (Å²) in [6.07, 6.45) is 0. The zero-order valence-corrected chi connectivity index (χ0v) is 14.3. The Kier molecular flexibility index (Phi) is 4.07. The van der Waals surface area contributed by atoms with Crippen molar-refractivity contribution in [3.8, 4) is 5.75 Å². The highest BCUT2D eigenvalue weighted by molar-refractivity contribution is 6.31. The summed E-state index contributed by atoms with van der Waals surface area (Å²) in [5.41, 5.74) is 1.29. The largest absolute Gasteiger partial charge is 0.489 e. The molecule has 0 spiro atoms. The summed E-state index contributed by atoms with van der Waals surface area (Å²) in [5, 5.41) is 0.560. The van der Waals surface area contributed by atoms with Crippen LogP contribution in [0, 0.1) is 5.41 Å². The second-order valence-electron chi connectivity index (χ2n) is 6.85. The standard InChI is InChI=1S/C19H20ClNO2/c1-19(2,3)17-12-23-16-10-5-4-9-15(16)21(17)18(22)13-7-6-8-14(20)11-13/h4-11,17H,12H2,1-3H3/t17-/m1/s1. The third kappa shape index (κ3) is 3.06. The van der Waals surface area contributed by atoms with Crippen LogP contribution in [-0.2, 0) is 0 Å². The number of halogens is 1. The van der Waals surface area contributed by atoms with E-state index in [0.29, 0.717) is 17.2 Å². The molecule has 0 unspecified atom stereocenters. The first kappa shape index (κ1) is 15.9. The molecule has 0 saturated carbocycles. The van der Waals surface area contributed by atoms with E-state index in [9.17, 15) is 4.79 Å². The van der Waals surface area contributed by atoms with Crippen molar-refractivity contribution in [2.45, 2.75) is 26.8 Å². The molecule has 3 nitrogen and oxygen atoms in total. The van der Waals surface area contributed by atoms with E-state index in [1.165, 1.54) is 0 Å². The lowest BCUT2D eigenvalue weighted by molar-refractivity contribution is 0.0911. The minimum Gasteiger partial charge on any atom is -0.489 e. The van der Waals surface area contributed by atoms with Gasteiger partial charge in [0.2, 0.25) is 0 Å². The van der Waals surface area contributed by atoms with Crippen LogP contribution in [-0.4, -0.2) is 18.6 Å². The second kappa shape index (κ2) is 5.89. The average Bonchev–Trinajstić information content (AvgIpc) is 2.52. The Hall–Kier alpha value is -2.00. The maximum absolute atomic E-state index is 13.2. The first-order valence-electron chi connectivity index (χ1n) is 7.69. The number of benzene rings is 2. The molecule has 0 N–H and O–H groups in total. The number of anilines is 1. The summed E-state index contributed by atoms with van der Waals surface area (Å²) in [7, 11) is 0. The van der Waals surface area contributed by atoms with Crippen molar-refractivity contribution in [1.29, 1.82) is 0 Å². The number of carbonyl (C=O) groups excluding carboxylic acids is 1. The number of hydrogen-bond acceptors (Lipinski definition) is 2. The van der Waals surface area contributed by atoms with Crippen molar-refractivity contribution in [3.05, 3.63) is 59.1 Å². The molecule has 120 valence electrons. The van der Waals surface area contributed by atoms with Gasteiger partial charge in [-0.05, 0) is 35.7 Å². The highest BCUT2D eigenvalue weighted by atomic mass is 35.5. The van der Waals surface area contributed by atoms with Gasteiger partial charge in [0.15, 0.2) is 0 Å². The summed E-state index contributed by atoms with van der Waals surface area (Å²) in [6, 6.07) is 14.7. The fourth-order valence-electron chi connectivity index (χ4n) is 2.84. The smallest absolute Gasteiger partial charge is 0.258 e. The van der Waals surface area contributed by atoms with Crippen LogP contribution in [0.4, 0.5) is 5.69 Å². The SMILES string of the molecule is CC(C)(C)[C@H]1COc2ccccc2N1C(=O)c1cccc(Cl)c1. The zero-order valence-electron chi connectivity index (χ0n) is 13.5. The van der Waals surface area contributed by atoms with Gasteiger partial charge in [0.25, 0.3) is 5.91 Å². The Morgan fingerprint density at radius 1 is 1.17 bits per heavy atom. The predicted molar refractivity (Wildman–Crippen MR) is 93.4 cm³/mol. The first-order valence-corrected chi connectivity index (χ1v) is 8.06. The van der Waals surface area contributed by atoms with Crippen molar-refractivity contribution in [2.24, 2.45) is 5.41 Å². The Morgan fingerprint density at radius 3 is 2.61 bits per heavy atom. The number of fused-ring (bicyclic) bond motifs is 1. The van der Waals surface area contributed by atoms with Crippen LogP contribution in [0.5, 0.6) is 5.75 Å². The number of hydrogen-bond donors (Lipinski definition) is 0. The number of ether oxygens (including phenoxy) is 1. The van der Waals surface area contributed by atoms with Gasteiger partial charge in [-0.15, -0.1) is 0 Å². The Labute approximate surface area is 141 Å². The number of amides is 1. The van der Waals surface area contributed by atoms with Crippen LogP contribution in [0.15, 0.2) is 48.5 Å². The Morgan fingerprint density at radius 2 is 1.91 bits per heavy atom. The average molecular weight is 330 g/mol. The van der Waals surface area contributed by atoms with Gasteiger partial charge in [0.05, 0.1) is 11.7 Å². The van der Waals surface area contributed by atoms with Gasteiger partial charge >= 0.3 is 0 Å². The van der Waals surface area contributed by atoms with Gasteiger partial charge in [-0.3, -0.25) is 9.69 Å². The van der Waals surface area contributed by atoms with Crippen molar-refractivity contribution >= 4 is 23.2 Å². The maximum Gasteiger partial charge on any atom is 0.258 e. The lowest BCUT2D eigenvalue weighted by atomic mass is 9.84. The molecule has 1 amide bonds. The predicted octanol–water partition coefficient (Wildman–Crippen LogP) is 4.79. The molecule has 2 aromatic carbocycles. The third-order valence-corrected chi connectivity index (χ3v) is 4.36. The van der Waals surface area contributed by atoms with Crippen molar-refractivity contribution in [1.82, 2.24) is 0 Å². The molecule has 0 aliphatic carbocycles. The molecule has 0 bridgehead atoms. The van der Waals surface area contributed by atoms with Crippen molar-refractivity contribution in [3.63, 3.8) is 0 Å². The lowest BCUT2D eigenvalue weighted by Gasteiger charge is -2.43. The maximum atomic E-state index is 13.2. The summed E-state index contributed by atoms with van der Waals surface area (Å²) in [5.74, 6) is 0.687. The molecule has 0 radical (unpaired) electrons. The molecule has 23 heavy (non-hydrogen) atoms. The molecular weight excluding hydrogens is 310 g/mol. The number of carbonyl (C=O) groups is 1. The van der Waals surface area contributed by atoms with Crippen LogP contribution < -0.4 is 9.64 Å². The molecule has 2 aromatic rings. The molecule has 1 aliphatic heterocycles. The fourth-order valence-corrected chi connectivity index (χ4v) is 3.03. The lowest BCUT2D eigenvalue weighted by Crippen LogP contribution is -2.53. The molecule has 4 heteroatoms. The van der Waals surface area contributed by atoms with Crippen LogP contribution in [0.25, 0.3) is 0 Å². The third-order valence-electron chi connectivity index (χ3n) is 4.12. The van der Waals surface area contributed by atoms with E-state index in [2.05, 4.69) is 20.8 Å². The van der Waals surface area contributed by atoms with Crippen LogP contribution in [0.3, 0.4) is 0 Å². The topological polar surface area (TPSA) is 29.5 Å². The van der Waals surface area contributed by atoms with Gasteiger partial charge in [-0.1, -0.05) is 50.6 Å². The van der Waals surface area contributed by atoms with Gasteiger partial charge < -0.3 is 4.74 Å². The van der Waals surface area contributed by atoms with Crippen LogP contribution >= 0.6 is 11.6 Å². The molecule has 0 aromatic heterocycles. The van der Waals surface area contributed by atoms with Crippen molar-refractivity contribution in [2.75, 3.05) is 11.5 Å². The van der Waals surface area contributed by atoms with Gasteiger partial charge in [0.1, 0.15) is 12.4 Å². The van der Waals surface area contributed by atoms with Gasteiger partial charge in [-0.25, -0.2) is 0 Å². The van der Waals surface area contributed by atoms with E-state index >= 15 is 0 Å². The highest BCUT2D eigenvalue weighted by Gasteiger charge is 2.39. The first-order chi connectivity index (χ1) is 10.9. The van der Waals surface area contributed by atoms with Crippen molar-refractivity contribution < 1.29 is 9.53 Å². The summed E-state index contributed by atoms with van der Waals surface area (Å²) < 4.78 is 5.88. The molecule has 1 heterocycles. The quantitative estimate of drug-likeness (QED) is 0.752. The summed E-state index contributed by atoms with van der Waals surface area (Å²) in [4.78, 5) is 15.0. The molecular formula is C19H20ClNO2. The molecule has 3 rings (SSSR count). The summed E-state index contributed by atoms with van der Waals surface area (Å²) in [6.45, 7) is 6.83. The van der Waals surface area contributed by atoms with Gasteiger partial charge in [0, 0.05) is 10.6 Å². The van der Waals surface area contributed by atoms with Gasteiger partial charge in [-0.2, -0.15) is 0 Å². The highest BCUT2D eigenvalue weighted by Crippen LogP contribution is 2.39. The molecule has 1 atom stereocenters. The Balaban J connectivity index is 2.09. The van der Waals surface area contributed by atoms with E-state index in [4.69, 9.17) is 16.3 Å². The minimum atomic E-state index is -0.109. The fraction of sp³-hybridized carbons (Fsp3) is 0.316. The van der Waals surface area contributed by atoms with E-state index in [1.807, 2.05) is 29.2 Å². The monoisotopic (exact) mass is 329 g/mol. The minimum absolute atomic E-state index is 0.0520.